The number of allylic oxidation sites excluding steroid dienone is 1. The van der Waals surface area contributed by atoms with Crippen LogP contribution in [-0.4, -0.2) is 5.75 Å². The van der Waals surface area contributed by atoms with Crippen LogP contribution < -0.4 is 18.8 Å². The van der Waals surface area contributed by atoms with Crippen molar-refractivity contribution in [1.82, 2.24) is 0 Å². The molecule has 1 atom stereocenters. The molecule has 3 aliphatic carbocycles. The second-order valence-corrected chi connectivity index (χ2v) is 28.5. The highest BCUT2D eigenvalue weighted by molar-refractivity contribution is 8.00. The van der Waals surface area contributed by atoms with E-state index in [0.29, 0.717) is 0 Å². The second-order valence-electron chi connectivity index (χ2n) is 24.4. The smallest absolute Gasteiger partial charge is 0.0688 e. The van der Waals surface area contributed by atoms with Crippen molar-refractivity contribution in [3.05, 3.63) is 183 Å². The van der Waals surface area contributed by atoms with Crippen molar-refractivity contribution in [3.63, 3.8) is 0 Å². The summed E-state index contributed by atoms with van der Waals surface area (Å²) in [5.41, 5.74) is 16.8. The van der Waals surface area contributed by atoms with Crippen LogP contribution in [0.5, 0.6) is 0 Å². The Morgan fingerprint density at radius 1 is 0.450 bits per heavy atom. The molecule has 1 aliphatic heterocycles. The summed E-state index contributed by atoms with van der Waals surface area (Å²) >= 11 is 8.21. The number of thioether (sulfide) groups is 1. The lowest BCUT2D eigenvalue weighted by Crippen LogP contribution is -2.52. The molecule has 4 aromatic carbocycles. The average Bonchev–Trinajstić information content (AvgIpc) is 4.44. The van der Waals surface area contributed by atoms with E-state index in [1.807, 2.05) is 11.3 Å². The molecule has 11 rings (SSSR count). The van der Waals surface area contributed by atoms with E-state index in [1.54, 1.807) is 11.1 Å². The Bertz CT molecular complexity index is 3310. The molecule has 4 heteroatoms. The number of hydrogen-bond donors (Lipinski definition) is 0. The zero-order valence-electron chi connectivity index (χ0n) is 49.3. The molecule has 0 nitrogen and oxygen atoms in total. The maximum absolute atomic E-state index is 2.83. The Morgan fingerprint density at radius 2 is 0.875 bits per heavy atom. The molecule has 1 saturated carbocycles. The van der Waals surface area contributed by atoms with Crippen molar-refractivity contribution < 1.29 is 0 Å². The van der Waals surface area contributed by atoms with Crippen LogP contribution >= 0.6 is 45.8 Å². The van der Waals surface area contributed by atoms with Crippen LogP contribution in [0.3, 0.4) is 0 Å². The van der Waals surface area contributed by atoms with Gasteiger partial charge in [0.1, 0.15) is 0 Å². The summed E-state index contributed by atoms with van der Waals surface area (Å²) in [6, 6.07) is 43.6. The van der Waals surface area contributed by atoms with Crippen LogP contribution in [0.2, 0.25) is 0 Å². The SMILES string of the molecule is CCCCCCCCc1ccc(C2(c3ccc(CCCCCCCC)cc3)C3=Cc4c5c(sc4=C3C(c3ccc(CCCCCCCC)cc3)(c3ccc(CCCCCCCC)cc3)C3C=c4c(sc6ccsc46)=C32)=CCS5)cc1. The van der Waals surface area contributed by atoms with Crippen molar-refractivity contribution in [2.24, 2.45) is 5.92 Å². The molecule has 0 radical (unpaired) electrons. The van der Waals surface area contributed by atoms with Gasteiger partial charge in [-0.25, -0.2) is 0 Å². The van der Waals surface area contributed by atoms with E-state index in [-0.39, 0.29) is 5.92 Å². The lowest BCUT2D eigenvalue weighted by Gasteiger charge is -2.55. The Labute approximate surface area is 498 Å². The number of aryl methyl sites for hydroxylation is 4. The monoisotopic (exact) mass is 1130 g/mol. The molecule has 7 aromatic rings. The maximum Gasteiger partial charge on any atom is 0.0688 e. The highest BCUT2D eigenvalue weighted by atomic mass is 32.2. The lowest BCUT2D eigenvalue weighted by molar-refractivity contribution is 0.526. The Morgan fingerprint density at radius 3 is 1.32 bits per heavy atom. The van der Waals surface area contributed by atoms with Gasteiger partial charge in [0, 0.05) is 45.6 Å². The summed E-state index contributed by atoms with van der Waals surface area (Å²) in [6.45, 7) is 9.31. The first kappa shape index (κ1) is 57.6. The normalized spacial score (nSPS) is 16.4. The van der Waals surface area contributed by atoms with Crippen molar-refractivity contribution in [2.75, 3.05) is 5.75 Å². The molecular weight excluding hydrogens is 1040 g/mol. The van der Waals surface area contributed by atoms with Crippen LogP contribution in [0.15, 0.2) is 119 Å². The summed E-state index contributed by atoms with van der Waals surface area (Å²) in [7, 11) is 0. The van der Waals surface area contributed by atoms with Crippen molar-refractivity contribution in [2.45, 2.75) is 223 Å². The van der Waals surface area contributed by atoms with E-state index in [4.69, 9.17) is 0 Å². The molecule has 420 valence electrons. The number of fused-ring (bicyclic) bond motifs is 8. The van der Waals surface area contributed by atoms with E-state index in [0.717, 1.165) is 31.4 Å². The molecule has 3 aromatic heterocycles. The van der Waals surface area contributed by atoms with Gasteiger partial charge in [0.15, 0.2) is 0 Å². The predicted molar refractivity (Wildman–Crippen MR) is 356 cm³/mol. The number of hydrogen-bond acceptors (Lipinski definition) is 4. The molecule has 0 spiro atoms. The molecule has 1 fully saturated rings. The second kappa shape index (κ2) is 27.5. The van der Waals surface area contributed by atoms with Gasteiger partial charge in [-0.2, -0.15) is 0 Å². The number of rotatable bonds is 32. The van der Waals surface area contributed by atoms with Crippen molar-refractivity contribution in [3.8, 4) is 0 Å². The molecule has 4 heterocycles. The minimum Gasteiger partial charge on any atom is -0.142 e. The summed E-state index contributed by atoms with van der Waals surface area (Å²) in [4.78, 5) is 1.51. The zero-order valence-corrected chi connectivity index (χ0v) is 52.6. The van der Waals surface area contributed by atoms with E-state index < -0.39 is 10.8 Å². The summed E-state index contributed by atoms with van der Waals surface area (Å²) in [6.07, 6.45) is 44.5. The third kappa shape index (κ3) is 11.6. The first-order valence-electron chi connectivity index (χ1n) is 32.4. The number of benzene rings is 4. The Balaban J connectivity index is 1.13. The van der Waals surface area contributed by atoms with Crippen LogP contribution in [0, 0.1) is 5.92 Å². The van der Waals surface area contributed by atoms with Gasteiger partial charge >= 0.3 is 0 Å². The van der Waals surface area contributed by atoms with Crippen molar-refractivity contribution >= 4 is 84.5 Å². The fraction of sp³-hybridized carbons (Fsp3) is 0.474. The zero-order chi connectivity index (χ0) is 54.7. The summed E-state index contributed by atoms with van der Waals surface area (Å²) in [5.74, 6) is 1.13. The fourth-order valence-corrected chi connectivity index (χ4v) is 19.8. The Hall–Kier alpha value is -4.19. The first-order valence-corrected chi connectivity index (χ1v) is 35.9. The van der Waals surface area contributed by atoms with E-state index in [2.05, 4.69) is 189 Å². The fourth-order valence-electron chi connectivity index (χ4n) is 14.7. The summed E-state index contributed by atoms with van der Waals surface area (Å²) < 4.78 is 7.40. The minimum atomic E-state index is -0.524. The van der Waals surface area contributed by atoms with Gasteiger partial charge in [-0.3, -0.25) is 0 Å². The molecule has 1 unspecified atom stereocenters. The number of unbranched alkanes of at least 4 members (excludes halogenated alkanes) is 20. The quantitative estimate of drug-likeness (QED) is 0.0379. The van der Waals surface area contributed by atoms with Crippen LogP contribution in [0.25, 0.3) is 38.8 Å². The molecule has 0 bridgehead atoms. The highest BCUT2D eigenvalue weighted by Crippen LogP contribution is 2.68. The summed E-state index contributed by atoms with van der Waals surface area (Å²) in [5, 5.41) is 3.82. The van der Waals surface area contributed by atoms with Gasteiger partial charge in [-0.15, -0.1) is 45.8 Å². The van der Waals surface area contributed by atoms with Gasteiger partial charge in [-0.05, 0) is 130 Å². The Kier molecular flexibility index (Phi) is 19.8. The van der Waals surface area contributed by atoms with Crippen LogP contribution in [-0.2, 0) is 36.5 Å². The van der Waals surface area contributed by atoms with Gasteiger partial charge in [0.2, 0.25) is 0 Å². The molecule has 4 aliphatic rings. The number of thiophene rings is 3. The van der Waals surface area contributed by atoms with Crippen molar-refractivity contribution in [1.29, 1.82) is 0 Å². The van der Waals surface area contributed by atoms with E-state index in [1.165, 1.54) is 243 Å². The molecule has 0 N–H and O–H groups in total. The van der Waals surface area contributed by atoms with Gasteiger partial charge in [0.25, 0.3) is 0 Å². The third-order valence-electron chi connectivity index (χ3n) is 19.0. The standard InChI is InChI=1S/C76H92S4/c1-5-9-13-17-21-25-29-55-33-41-59(42-34-55)75(60-43-35-56(36-44-60)30-26-22-18-14-10-6-2)65-53-63-71-68(50-52-77-71)80-74(63)70(65)76(61-45-37-57(38-46-61)31-27-23-19-15-11-7-3,62-47-39-58(40-48-62)32-28-24-20-16-12-8-4)66-54-64-72-67(49-51-78-72)79-73(64)69(66)75/h33-51,53-54,66H,5-32,52H2,1-4H3. The molecule has 0 amide bonds. The average molecular weight is 1130 g/mol. The van der Waals surface area contributed by atoms with Crippen LogP contribution in [0.1, 0.15) is 232 Å². The minimum absolute atomic E-state index is 0.0707. The van der Waals surface area contributed by atoms with Crippen LogP contribution in [0.4, 0.5) is 0 Å². The lowest BCUT2D eigenvalue weighted by atomic mass is 9.46. The first-order chi connectivity index (χ1) is 39.5. The topological polar surface area (TPSA) is 0 Å². The van der Waals surface area contributed by atoms with E-state index in [9.17, 15) is 0 Å². The van der Waals surface area contributed by atoms with E-state index >= 15 is 0 Å². The largest absolute Gasteiger partial charge is 0.142 e. The van der Waals surface area contributed by atoms with Gasteiger partial charge in [0.05, 0.1) is 15.5 Å². The maximum atomic E-state index is 2.83. The molecule has 80 heavy (non-hydrogen) atoms. The van der Waals surface area contributed by atoms with Gasteiger partial charge in [-0.1, -0.05) is 265 Å². The van der Waals surface area contributed by atoms with Gasteiger partial charge < -0.3 is 0 Å². The molecule has 0 saturated heterocycles. The highest BCUT2D eigenvalue weighted by Gasteiger charge is 2.63. The molecular formula is C76H92S4. The predicted octanol–water partition coefficient (Wildman–Crippen LogP) is 20.3. The third-order valence-corrected chi connectivity index (χ3v) is 23.7.